The summed E-state index contributed by atoms with van der Waals surface area (Å²) < 4.78 is 34.0. The van der Waals surface area contributed by atoms with E-state index in [4.69, 9.17) is 4.74 Å². The van der Waals surface area contributed by atoms with Crippen LogP contribution in [0.15, 0.2) is 53.4 Å². The number of hydrogen-bond donors (Lipinski definition) is 1. The van der Waals surface area contributed by atoms with Gasteiger partial charge in [0.15, 0.2) is 5.78 Å². The van der Waals surface area contributed by atoms with Crippen LogP contribution in [0.25, 0.3) is 0 Å². The van der Waals surface area contributed by atoms with Gasteiger partial charge in [-0.15, -0.1) is 0 Å². The summed E-state index contributed by atoms with van der Waals surface area (Å²) in [6.45, 7) is 3.70. The molecular weight excluding hydrogens is 388 g/mol. The third kappa shape index (κ3) is 5.23. The maximum absolute atomic E-state index is 12.7. The zero-order chi connectivity index (χ0) is 20.4. The van der Waals surface area contributed by atoms with Crippen molar-refractivity contribution >= 4 is 15.8 Å². The van der Waals surface area contributed by atoms with Crippen LogP contribution < -0.4 is 9.46 Å². The molecule has 2 aliphatic rings. The molecule has 2 fully saturated rings. The molecule has 29 heavy (non-hydrogen) atoms. The van der Waals surface area contributed by atoms with Gasteiger partial charge < -0.3 is 4.74 Å². The highest BCUT2D eigenvalue weighted by atomic mass is 32.2. The van der Waals surface area contributed by atoms with Crippen molar-refractivity contribution in [3.8, 4) is 5.75 Å². The number of benzene rings is 2. The van der Waals surface area contributed by atoms with Crippen molar-refractivity contribution in [1.82, 2.24) is 9.62 Å². The van der Waals surface area contributed by atoms with Gasteiger partial charge in [-0.2, -0.15) is 0 Å². The van der Waals surface area contributed by atoms with Gasteiger partial charge in [-0.05, 0) is 56.0 Å². The fraction of sp³-hybridized carbons (Fsp3) is 0.409. The van der Waals surface area contributed by atoms with E-state index in [2.05, 4.69) is 21.8 Å². The number of carbonyl (C=O) groups is 1. The van der Waals surface area contributed by atoms with E-state index in [0.29, 0.717) is 18.2 Å². The van der Waals surface area contributed by atoms with Crippen LogP contribution in [0.5, 0.6) is 5.75 Å². The molecule has 2 aromatic carbocycles. The van der Waals surface area contributed by atoms with Crippen LogP contribution in [0.1, 0.15) is 42.1 Å². The lowest BCUT2D eigenvalue weighted by atomic mass is 10.2. The van der Waals surface area contributed by atoms with Gasteiger partial charge in [0.1, 0.15) is 5.75 Å². The molecule has 4 rings (SSSR count). The van der Waals surface area contributed by atoms with Gasteiger partial charge >= 0.3 is 0 Å². The van der Waals surface area contributed by atoms with E-state index in [9.17, 15) is 13.2 Å². The van der Waals surface area contributed by atoms with Crippen molar-refractivity contribution < 1.29 is 17.9 Å². The summed E-state index contributed by atoms with van der Waals surface area (Å²) >= 11 is 0. The molecule has 0 radical (unpaired) electrons. The summed E-state index contributed by atoms with van der Waals surface area (Å²) in [4.78, 5) is 13.9. The molecular formula is C22H26N2O4S. The van der Waals surface area contributed by atoms with Gasteiger partial charge in [0.2, 0.25) is 10.0 Å². The summed E-state index contributed by atoms with van der Waals surface area (Å²) in [6.07, 6.45) is 3.44. The van der Waals surface area contributed by atoms with Crippen LogP contribution in [-0.2, 0) is 16.6 Å². The Balaban J connectivity index is 1.33. The van der Waals surface area contributed by atoms with Crippen molar-refractivity contribution in [2.45, 2.75) is 49.8 Å². The monoisotopic (exact) mass is 414 g/mol. The fourth-order valence-electron chi connectivity index (χ4n) is 3.55. The van der Waals surface area contributed by atoms with E-state index in [1.165, 1.54) is 24.6 Å². The molecule has 2 aromatic rings. The molecule has 1 N–H and O–H groups in total. The Morgan fingerprint density at radius 3 is 2.59 bits per heavy atom. The van der Waals surface area contributed by atoms with Crippen LogP contribution in [0.3, 0.4) is 0 Å². The molecule has 1 aliphatic carbocycles. The average molecular weight is 415 g/mol. The summed E-state index contributed by atoms with van der Waals surface area (Å²) in [5.41, 5.74) is 1.58. The predicted octanol–water partition coefficient (Wildman–Crippen LogP) is 2.98. The highest BCUT2D eigenvalue weighted by molar-refractivity contribution is 7.89. The lowest BCUT2D eigenvalue weighted by molar-refractivity contribution is 0.101. The molecule has 1 aliphatic heterocycles. The van der Waals surface area contributed by atoms with Gasteiger partial charge in [0.05, 0.1) is 11.0 Å². The van der Waals surface area contributed by atoms with Crippen molar-refractivity contribution in [3.05, 3.63) is 59.7 Å². The number of Topliss-reactive ketones (excluding diaryl/α,β-unsaturated/α-hetero) is 1. The Hall–Kier alpha value is -2.22. The minimum absolute atomic E-state index is 0.134. The molecule has 1 heterocycles. The van der Waals surface area contributed by atoms with Crippen LogP contribution in [-0.4, -0.2) is 44.3 Å². The lowest BCUT2D eigenvalue weighted by Crippen LogP contribution is -2.37. The van der Waals surface area contributed by atoms with Crippen molar-refractivity contribution in [3.63, 3.8) is 0 Å². The number of hydrogen-bond acceptors (Lipinski definition) is 5. The van der Waals surface area contributed by atoms with Crippen molar-refractivity contribution in [1.29, 1.82) is 0 Å². The first-order valence-electron chi connectivity index (χ1n) is 10.0. The maximum atomic E-state index is 12.7. The number of nitrogens with zero attached hydrogens (tertiary/aromatic N) is 1. The minimum atomic E-state index is -3.65. The molecule has 0 bridgehead atoms. The van der Waals surface area contributed by atoms with Gasteiger partial charge in [0.25, 0.3) is 0 Å². The number of sulfonamides is 1. The van der Waals surface area contributed by atoms with Gasteiger partial charge in [-0.3, -0.25) is 9.69 Å². The van der Waals surface area contributed by atoms with E-state index >= 15 is 0 Å². The minimum Gasteiger partial charge on any atom is -0.490 e. The Bertz CT molecular complexity index is 984. The molecule has 7 heteroatoms. The third-order valence-electron chi connectivity index (χ3n) is 5.30. The molecule has 1 saturated carbocycles. The number of carbonyl (C=O) groups excluding carboxylic acids is 1. The smallest absolute Gasteiger partial charge is 0.240 e. The molecule has 6 nitrogen and oxygen atoms in total. The second kappa shape index (κ2) is 8.26. The normalized spacial score (nSPS) is 20.0. The SMILES string of the molecule is CC(=O)c1cccc(S(=O)(=O)N[C@@H]2CCN(Cc3ccc(OC4CC4)cc3)C2)c1. The Morgan fingerprint density at radius 1 is 1.14 bits per heavy atom. The van der Waals surface area contributed by atoms with Gasteiger partial charge in [0, 0.05) is 31.2 Å². The number of nitrogens with one attached hydrogen (secondary N) is 1. The molecule has 1 saturated heterocycles. The second-order valence-corrected chi connectivity index (χ2v) is 9.60. The van der Waals surface area contributed by atoms with Crippen molar-refractivity contribution in [2.75, 3.05) is 13.1 Å². The van der Waals surface area contributed by atoms with Crippen LogP contribution in [0.2, 0.25) is 0 Å². The highest BCUT2D eigenvalue weighted by Crippen LogP contribution is 2.27. The maximum Gasteiger partial charge on any atom is 0.240 e. The van der Waals surface area contributed by atoms with Crippen LogP contribution in [0.4, 0.5) is 0 Å². The number of likely N-dealkylation sites (tertiary alicyclic amines) is 1. The first-order chi connectivity index (χ1) is 13.9. The second-order valence-electron chi connectivity index (χ2n) is 7.89. The quantitative estimate of drug-likeness (QED) is 0.672. The molecule has 0 aromatic heterocycles. The molecule has 0 amide bonds. The fourth-order valence-corrected chi connectivity index (χ4v) is 4.86. The highest BCUT2D eigenvalue weighted by Gasteiger charge is 2.28. The summed E-state index contributed by atoms with van der Waals surface area (Å²) in [7, 11) is -3.65. The number of ether oxygens (including phenoxy) is 1. The topological polar surface area (TPSA) is 75.7 Å². The Kier molecular flexibility index (Phi) is 5.72. The molecule has 0 spiro atoms. The van der Waals surface area contributed by atoms with E-state index in [0.717, 1.165) is 38.1 Å². The summed E-state index contributed by atoms with van der Waals surface area (Å²) in [6, 6.07) is 14.2. The van der Waals surface area contributed by atoms with Gasteiger partial charge in [-0.25, -0.2) is 13.1 Å². The molecule has 0 unspecified atom stereocenters. The summed E-state index contributed by atoms with van der Waals surface area (Å²) in [5.74, 6) is 0.763. The molecule has 1 atom stereocenters. The average Bonchev–Trinajstić information content (AvgIpc) is 3.41. The third-order valence-corrected chi connectivity index (χ3v) is 6.82. The van der Waals surface area contributed by atoms with E-state index in [1.807, 2.05) is 12.1 Å². The zero-order valence-electron chi connectivity index (χ0n) is 16.5. The zero-order valence-corrected chi connectivity index (χ0v) is 17.3. The van der Waals surface area contributed by atoms with Crippen molar-refractivity contribution in [2.24, 2.45) is 0 Å². The Morgan fingerprint density at radius 2 is 1.90 bits per heavy atom. The Labute approximate surface area is 171 Å². The predicted molar refractivity (Wildman–Crippen MR) is 111 cm³/mol. The lowest BCUT2D eigenvalue weighted by Gasteiger charge is -2.17. The first-order valence-corrected chi connectivity index (χ1v) is 11.5. The largest absolute Gasteiger partial charge is 0.490 e. The number of rotatable bonds is 8. The standard InChI is InChI=1S/C22H26N2O4S/c1-16(25)18-3-2-4-22(13-18)29(26,27)23-19-11-12-24(15-19)14-17-5-7-20(8-6-17)28-21-9-10-21/h2-8,13,19,21,23H,9-12,14-15H2,1H3/t19-/m1/s1. The molecule has 154 valence electrons. The van der Waals surface area contributed by atoms with Crippen LogP contribution >= 0.6 is 0 Å². The number of ketones is 1. The van der Waals surface area contributed by atoms with E-state index < -0.39 is 10.0 Å². The van der Waals surface area contributed by atoms with E-state index in [1.54, 1.807) is 12.1 Å². The summed E-state index contributed by atoms with van der Waals surface area (Å²) in [5, 5.41) is 0. The first kappa shape index (κ1) is 20.1. The van der Waals surface area contributed by atoms with E-state index in [-0.39, 0.29) is 16.7 Å². The van der Waals surface area contributed by atoms with Gasteiger partial charge in [-0.1, -0.05) is 24.3 Å². The van der Waals surface area contributed by atoms with Crippen LogP contribution in [0, 0.1) is 0 Å².